The van der Waals surface area contributed by atoms with Gasteiger partial charge in [0.15, 0.2) is 0 Å². The van der Waals surface area contributed by atoms with Crippen molar-refractivity contribution < 1.29 is 4.74 Å². The Bertz CT molecular complexity index is 885. The number of hydrogen-bond acceptors (Lipinski definition) is 2. The molecule has 1 heterocycles. The van der Waals surface area contributed by atoms with E-state index in [9.17, 15) is 0 Å². The van der Waals surface area contributed by atoms with E-state index in [0.717, 1.165) is 37.3 Å². The summed E-state index contributed by atoms with van der Waals surface area (Å²) in [5.74, 6) is 0. The van der Waals surface area contributed by atoms with Crippen LogP contribution in [-0.4, -0.2) is 31.2 Å². The second kappa shape index (κ2) is 7.28. The third kappa shape index (κ3) is 3.50. The third-order valence-electron chi connectivity index (χ3n) is 5.03. The van der Waals surface area contributed by atoms with Crippen molar-refractivity contribution in [3.8, 4) is 11.1 Å². The molecule has 1 aliphatic rings. The molecule has 128 valence electrons. The van der Waals surface area contributed by atoms with Gasteiger partial charge in [-0.3, -0.25) is 4.90 Å². The highest BCUT2D eigenvalue weighted by molar-refractivity contribution is 9.10. The van der Waals surface area contributed by atoms with Crippen LogP contribution in [0, 0.1) is 6.92 Å². The molecule has 2 nitrogen and oxygen atoms in total. The van der Waals surface area contributed by atoms with Gasteiger partial charge in [0.1, 0.15) is 0 Å². The number of ether oxygens (including phenoxy) is 1. The summed E-state index contributed by atoms with van der Waals surface area (Å²) in [6.07, 6.45) is 0. The molecular weight excluding hydrogens is 374 g/mol. The molecule has 0 saturated carbocycles. The summed E-state index contributed by atoms with van der Waals surface area (Å²) in [4.78, 5) is 2.49. The van der Waals surface area contributed by atoms with Crippen LogP contribution >= 0.6 is 15.9 Å². The number of hydrogen-bond donors (Lipinski definition) is 0. The van der Waals surface area contributed by atoms with E-state index in [1.807, 2.05) is 0 Å². The predicted molar refractivity (Wildman–Crippen MR) is 108 cm³/mol. The van der Waals surface area contributed by atoms with Gasteiger partial charge in [-0.15, -0.1) is 0 Å². The van der Waals surface area contributed by atoms with Gasteiger partial charge in [0.2, 0.25) is 0 Å². The molecular formula is C22H22BrNO. The van der Waals surface area contributed by atoms with Gasteiger partial charge in [0.25, 0.3) is 0 Å². The summed E-state index contributed by atoms with van der Waals surface area (Å²) in [5, 5.41) is 2.61. The topological polar surface area (TPSA) is 12.5 Å². The van der Waals surface area contributed by atoms with Crippen molar-refractivity contribution >= 4 is 26.7 Å². The maximum Gasteiger partial charge on any atom is 0.0594 e. The van der Waals surface area contributed by atoms with Crippen molar-refractivity contribution in [1.29, 1.82) is 0 Å². The zero-order valence-corrected chi connectivity index (χ0v) is 16.1. The standard InChI is InChI=1S/C22H22BrNO/c1-16-19(15-24-9-11-25-12-10-24)13-18-7-8-20(23)14-21(18)22(16)17-5-3-2-4-6-17/h2-8,13-14H,9-12,15H2,1H3. The van der Waals surface area contributed by atoms with Crippen molar-refractivity contribution in [3.63, 3.8) is 0 Å². The minimum Gasteiger partial charge on any atom is -0.379 e. The molecule has 0 spiro atoms. The molecule has 0 amide bonds. The lowest BCUT2D eigenvalue weighted by Gasteiger charge is -2.28. The maximum absolute atomic E-state index is 5.50. The summed E-state index contributed by atoms with van der Waals surface area (Å²) < 4.78 is 6.62. The lowest BCUT2D eigenvalue weighted by Crippen LogP contribution is -2.35. The van der Waals surface area contributed by atoms with Gasteiger partial charge in [0.05, 0.1) is 13.2 Å². The van der Waals surface area contributed by atoms with E-state index in [1.165, 1.54) is 33.0 Å². The summed E-state index contributed by atoms with van der Waals surface area (Å²) in [6.45, 7) is 6.95. The summed E-state index contributed by atoms with van der Waals surface area (Å²) >= 11 is 3.64. The smallest absolute Gasteiger partial charge is 0.0594 e. The van der Waals surface area contributed by atoms with Crippen molar-refractivity contribution in [2.24, 2.45) is 0 Å². The molecule has 0 radical (unpaired) electrons. The van der Waals surface area contributed by atoms with Crippen LogP contribution in [0.3, 0.4) is 0 Å². The van der Waals surface area contributed by atoms with Crippen LogP contribution in [0.15, 0.2) is 59.1 Å². The Morgan fingerprint density at radius 1 is 1.00 bits per heavy atom. The monoisotopic (exact) mass is 395 g/mol. The van der Waals surface area contributed by atoms with E-state index in [1.54, 1.807) is 0 Å². The first-order chi connectivity index (χ1) is 12.2. The molecule has 0 aromatic heterocycles. The Morgan fingerprint density at radius 3 is 2.52 bits per heavy atom. The first-order valence-corrected chi connectivity index (χ1v) is 9.59. The SMILES string of the molecule is Cc1c(CN2CCOCC2)cc2ccc(Br)cc2c1-c1ccccc1. The number of fused-ring (bicyclic) bond motifs is 1. The zero-order valence-electron chi connectivity index (χ0n) is 14.5. The van der Waals surface area contributed by atoms with Crippen LogP contribution in [0.2, 0.25) is 0 Å². The molecule has 3 aromatic rings. The minimum atomic E-state index is 0.838. The lowest BCUT2D eigenvalue weighted by atomic mass is 9.90. The fraction of sp³-hybridized carbons (Fsp3) is 0.273. The van der Waals surface area contributed by atoms with Crippen LogP contribution in [-0.2, 0) is 11.3 Å². The van der Waals surface area contributed by atoms with Gasteiger partial charge in [0, 0.05) is 24.1 Å². The molecule has 3 aromatic carbocycles. The number of benzene rings is 3. The van der Waals surface area contributed by atoms with Gasteiger partial charge in [-0.1, -0.05) is 52.3 Å². The molecule has 0 bridgehead atoms. The fourth-order valence-corrected chi connectivity index (χ4v) is 4.03. The molecule has 0 atom stereocenters. The Labute approximate surface area is 157 Å². The molecule has 0 unspecified atom stereocenters. The van der Waals surface area contributed by atoms with Crippen LogP contribution in [0.25, 0.3) is 21.9 Å². The summed E-state index contributed by atoms with van der Waals surface area (Å²) in [5.41, 5.74) is 5.42. The average Bonchev–Trinajstić information content (AvgIpc) is 2.64. The number of morpholine rings is 1. The number of halogens is 1. The van der Waals surface area contributed by atoms with E-state index in [2.05, 4.69) is 82.4 Å². The Kier molecular flexibility index (Phi) is 4.89. The number of nitrogens with zero attached hydrogens (tertiary/aromatic N) is 1. The largest absolute Gasteiger partial charge is 0.379 e. The second-order valence-electron chi connectivity index (χ2n) is 6.66. The first-order valence-electron chi connectivity index (χ1n) is 8.79. The van der Waals surface area contributed by atoms with E-state index in [4.69, 9.17) is 4.74 Å². The van der Waals surface area contributed by atoms with Gasteiger partial charge >= 0.3 is 0 Å². The highest BCUT2D eigenvalue weighted by atomic mass is 79.9. The van der Waals surface area contributed by atoms with E-state index < -0.39 is 0 Å². The van der Waals surface area contributed by atoms with Crippen LogP contribution in [0.4, 0.5) is 0 Å². The van der Waals surface area contributed by atoms with Crippen molar-refractivity contribution in [3.05, 3.63) is 70.2 Å². The van der Waals surface area contributed by atoms with Gasteiger partial charge in [-0.05, 0) is 58.1 Å². The summed E-state index contributed by atoms with van der Waals surface area (Å²) in [6, 6.07) is 19.7. The fourth-order valence-electron chi connectivity index (χ4n) is 3.67. The third-order valence-corrected chi connectivity index (χ3v) is 5.52. The van der Waals surface area contributed by atoms with Crippen LogP contribution in [0.5, 0.6) is 0 Å². The molecule has 25 heavy (non-hydrogen) atoms. The minimum absolute atomic E-state index is 0.838. The van der Waals surface area contributed by atoms with Crippen molar-refractivity contribution in [2.75, 3.05) is 26.3 Å². The van der Waals surface area contributed by atoms with Crippen molar-refractivity contribution in [2.45, 2.75) is 13.5 Å². The molecule has 1 aliphatic heterocycles. The normalized spacial score (nSPS) is 15.6. The van der Waals surface area contributed by atoms with Gasteiger partial charge in [-0.2, -0.15) is 0 Å². The molecule has 4 rings (SSSR count). The van der Waals surface area contributed by atoms with E-state index in [0.29, 0.717) is 0 Å². The Morgan fingerprint density at radius 2 is 1.76 bits per heavy atom. The highest BCUT2D eigenvalue weighted by Crippen LogP contribution is 2.36. The van der Waals surface area contributed by atoms with Gasteiger partial charge in [-0.25, -0.2) is 0 Å². The van der Waals surface area contributed by atoms with Crippen LogP contribution < -0.4 is 0 Å². The van der Waals surface area contributed by atoms with E-state index in [-0.39, 0.29) is 0 Å². The first kappa shape index (κ1) is 16.8. The van der Waals surface area contributed by atoms with Crippen LogP contribution in [0.1, 0.15) is 11.1 Å². The molecule has 0 N–H and O–H groups in total. The molecule has 0 aliphatic carbocycles. The van der Waals surface area contributed by atoms with E-state index >= 15 is 0 Å². The summed E-state index contributed by atoms with van der Waals surface area (Å²) in [7, 11) is 0. The predicted octanol–water partition coefficient (Wildman–Crippen LogP) is 5.41. The highest BCUT2D eigenvalue weighted by Gasteiger charge is 2.16. The average molecular weight is 396 g/mol. The molecule has 1 saturated heterocycles. The number of rotatable bonds is 3. The van der Waals surface area contributed by atoms with Gasteiger partial charge < -0.3 is 4.74 Å². The maximum atomic E-state index is 5.50. The second-order valence-corrected chi connectivity index (χ2v) is 7.57. The lowest BCUT2D eigenvalue weighted by molar-refractivity contribution is 0.0341. The molecule has 3 heteroatoms. The molecule has 1 fully saturated rings. The van der Waals surface area contributed by atoms with Crippen molar-refractivity contribution in [1.82, 2.24) is 4.90 Å². The Balaban J connectivity index is 1.87. The Hall–Kier alpha value is -1.68. The quantitative estimate of drug-likeness (QED) is 0.587. The zero-order chi connectivity index (χ0) is 17.2.